The van der Waals surface area contributed by atoms with E-state index in [1.54, 1.807) is 14.2 Å². The number of hydrogen-bond donors (Lipinski definition) is 3. The average Bonchev–Trinajstić information content (AvgIpc) is 2.89. The van der Waals surface area contributed by atoms with E-state index in [0.29, 0.717) is 24.6 Å². The molecule has 0 bridgehead atoms. The van der Waals surface area contributed by atoms with Crippen molar-refractivity contribution >= 4 is 34.7 Å². The van der Waals surface area contributed by atoms with Crippen LogP contribution in [0.1, 0.15) is 17.7 Å². The highest BCUT2D eigenvalue weighted by atomic mass is 16.5. The molecule has 0 radical (unpaired) electrons. The zero-order chi connectivity index (χ0) is 25.3. The monoisotopic (exact) mass is 483 g/mol. The van der Waals surface area contributed by atoms with Crippen molar-refractivity contribution < 1.29 is 14.3 Å². The third-order valence-electron chi connectivity index (χ3n) is 5.44. The van der Waals surface area contributed by atoms with Gasteiger partial charge in [0.2, 0.25) is 11.9 Å². The molecule has 1 amide bonds. The minimum absolute atomic E-state index is 0.0391. The molecule has 1 aromatic heterocycles. The van der Waals surface area contributed by atoms with Gasteiger partial charge < -0.3 is 25.4 Å². The summed E-state index contributed by atoms with van der Waals surface area (Å²) in [5.74, 6) is 2.71. The summed E-state index contributed by atoms with van der Waals surface area (Å²) in [7, 11) is 3.27. The fourth-order valence-corrected chi connectivity index (χ4v) is 3.55. The lowest BCUT2D eigenvalue weighted by molar-refractivity contribution is -0.116. The highest BCUT2D eigenvalue weighted by Gasteiger charge is 2.07. The molecule has 8 heteroatoms. The molecule has 8 nitrogen and oxygen atoms in total. The first-order valence-electron chi connectivity index (χ1n) is 11.6. The van der Waals surface area contributed by atoms with Crippen LogP contribution in [-0.4, -0.2) is 30.1 Å². The first-order valence-corrected chi connectivity index (χ1v) is 11.6. The van der Waals surface area contributed by atoms with E-state index in [0.717, 1.165) is 39.8 Å². The van der Waals surface area contributed by atoms with Crippen LogP contribution >= 0.6 is 0 Å². The molecule has 0 saturated carbocycles. The Kier molecular flexibility index (Phi) is 7.97. The van der Waals surface area contributed by atoms with Crippen LogP contribution in [0.4, 0.5) is 28.8 Å². The molecule has 184 valence electrons. The lowest BCUT2D eigenvalue weighted by Crippen LogP contribution is -2.12. The average molecular weight is 484 g/mol. The Balaban J connectivity index is 1.32. The topological polar surface area (TPSA) is 97.4 Å². The number of benzene rings is 3. The van der Waals surface area contributed by atoms with Gasteiger partial charge in [-0.15, -0.1) is 0 Å². The lowest BCUT2D eigenvalue weighted by Gasteiger charge is -2.11. The normalized spacial score (nSPS) is 10.4. The number of aromatic nitrogens is 2. The Labute approximate surface area is 210 Å². The van der Waals surface area contributed by atoms with E-state index in [4.69, 9.17) is 9.47 Å². The summed E-state index contributed by atoms with van der Waals surface area (Å²) in [4.78, 5) is 21.4. The smallest absolute Gasteiger partial charge is 0.229 e. The maximum absolute atomic E-state index is 12.4. The number of methoxy groups -OCH3 is 2. The van der Waals surface area contributed by atoms with E-state index < -0.39 is 0 Å². The van der Waals surface area contributed by atoms with E-state index in [1.165, 1.54) is 0 Å². The quantitative estimate of drug-likeness (QED) is 0.260. The van der Waals surface area contributed by atoms with Gasteiger partial charge in [-0.2, -0.15) is 4.98 Å². The highest BCUT2D eigenvalue weighted by molar-refractivity contribution is 5.91. The maximum Gasteiger partial charge on any atom is 0.229 e. The predicted molar refractivity (Wildman–Crippen MR) is 143 cm³/mol. The van der Waals surface area contributed by atoms with Crippen LogP contribution < -0.4 is 25.4 Å². The van der Waals surface area contributed by atoms with Crippen LogP contribution in [0.15, 0.2) is 78.9 Å². The summed E-state index contributed by atoms with van der Waals surface area (Å²) in [6.07, 6.45) is 1.06. The Hall–Kier alpha value is -4.59. The number of ether oxygens (including phenoxy) is 2. The molecular formula is C28H29N5O3. The van der Waals surface area contributed by atoms with Crippen molar-refractivity contribution in [2.24, 2.45) is 0 Å². The fraction of sp³-hybridized carbons (Fsp3) is 0.179. The first kappa shape index (κ1) is 24.5. The van der Waals surface area contributed by atoms with Crippen LogP contribution in [0, 0.1) is 6.92 Å². The zero-order valence-electron chi connectivity index (χ0n) is 20.5. The number of amides is 1. The van der Waals surface area contributed by atoms with Gasteiger partial charge in [0.1, 0.15) is 17.3 Å². The minimum atomic E-state index is -0.0391. The van der Waals surface area contributed by atoms with Gasteiger partial charge in [-0.3, -0.25) is 4.79 Å². The van der Waals surface area contributed by atoms with E-state index in [9.17, 15) is 4.79 Å². The lowest BCUT2D eigenvalue weighted by atomic mass is 10.1. The van der Waals surface area contributed by atoms with Gasteiger partial charge >= 0.3 is 0 Å². The Morgan fingerprint density at radius 1 is 0.750 bits per heavy atom. The largest absolute Gasteiger partial charge is 0.497 e. The summed E-state index contributed by atoms with van der Waals surface area (Å²) in [5, 5.41) is 9.44. The number of carbonyl (C=O) groups excluding carboxylic acids is 1. The highest BCUT2D eigenvalue weighted by Crippen LogP contribution is 2.22. The zero-order valence-corrected chi connectivity index (χ0v) is 20.5. The standard InChI is InChI=1S/C28H29N5O3/c1-19-18-26(30-21-11-15-25(36-3)16-12-21)33-28(29-19)32-23-9-7-22(8-10-23)31-27(34)17-6-20-4-13-24(35-2)14-5-20/h4-5,7-16,18H,6,17H2,1-3H3,(H,31,34)(H2,29,30,32,33). The predicted octanol–water partition coefficient (Wildman–Crippen LogP) is 5.86. The van der Waals surface area contributed by atoms with E-state index in [1.807, 2.05) is 85.8 Å². The molecule has 36 heavy (non-hydrogen) atoms. The summed E-state index contributed by atoms with van der Waals surface area (Å²) in [5.41, 5.74) is 4.35. The molecular weight excluding hydrogens is 454 g/mol. The second-order valence-electron chi connectivity index (χ2n) is 8.17. The molecule has 3 N–H and O–H groups in total. The number of anilines is 5. The van der Waals surface area contributed by atoms with Crippen LogP contribution in [0.2, 0.25) is 0 Å². The first-order chi connectivity index (χ1) is 17.5. The SMILES string of the molecule is COc1ccc(CCC(=O)Nc2ccc(Nc3nc(C)cc(Nc4ccc(OC)cc4)n3)cc2)cc1. The van der Waals surface area contributed by atoms with Crippen molar-refractivity contribution in [2.45, 2.75) is 19.8 Å². The van der Waals surface area contributed by atoms with Crippen molar-refractivity contribution in [1.82, 2.24) is 9.97 Å². The van der Waals surface area contributed by atoms with Crippen LogP contribution in [0.25, 0.3) is 0 Å². The molecule has 1 heterocycles. The maximum atomic E-state index is 12.4. The van der Waals surface area contributed by atoms with Gasteiger partial charge in [-0.05, 0) is 79.6 Å². The molecule has 4 rings (SSSR count). The molecule has 0 aliphatic rings. The Morgan fingerprint density at radius 2 is 1.31 bits per heavy atom. The summed E-state index contributed by atoms with van der Waals surface area (Å²) in [6, 6.07) is 24.7. The van der Waals surface area contributed by atoms with Crippen molar-refractivity contribution in [2.75, 3.05) is 30.2 Å². The van der Waals surface area contributed by atoms with Crippen LogP contribution in [-0.2, 0) is 11.2 Å². The van der Waals surface area contributed by atoms with Gasteiger partial charge in [0.05, 0.1) is 14.2 Å². The summed E-state index contributed by atoms with van der Waals surface area (Å²) < 4.78 is 10.4. The fourth-order valence-electron chi connectivity index (χ4n) is 3.55. The van der Waals surface area contributed by atoms with Crippen molar-refractivity contribution in [3.8, 4) is 11.5 Å². The van der Waals surface area contributed by atoms with Crippen molar-refractivity contribution in [3.63, 3.8) is 0 Å². The van der Waals surface area contributed by atoms with Gasteiger partial charge in [-0.1, -0.05) is 12.1 Å². The molecule has 3 aromatic carbocycles. The second-order valence-corrected chi connectivity index (χ2v) is 8.17. The molecule has 4 aromatic rings. The molecule has 0 fully saturated rings. The Bertz CT molecular complexity index is 1290. The summed E-state index contributed by atoms with van der Waals surface area (Å²) in [6.45, 7) is 1.91. The van der Waals surface area contributed by atoms with Crippen molar-refractivity contribution in [3.05, 3.63) is 90.1 Å². The Morgan fingerprint density at radius 3 is 1.94 bits per heavy atom. The molecule has 0 spiro atoms. The van der Waals surface area contributed by atoms with E-state index in [2.05, 4.69) is 25.9 Å². The van der Waals surface area contributed by atoms with E-state index >= 15 is 0 Å². The van der Waals surface area contributed by atoms with Crippen LogP contribution in [0.3, 0.4) is 0 Å². The molecule has 0 unspecified atom stereocenters. The number of nitrogens with zero attached hydrogens (tertiary/aromatic N) is 2. The van der Waals surface area contributed by atoms with E-state index in [-0.39, 0.29) is 5.91 Å². The number of rotatable bonds is 10. The molecule has 0 aliphatic heterocycles. The van der Waals surface area contributed by atoms with Gasteiger partial charge in [0.15, 0.2) is 0 Å². The molecule has 0 saturated heterocycles. The van der Waals surface area contributed by atoms with Gasteiger partial charge in [0, 0.05) is 35.2 Å². The molecule has 0 aliphatic carbocycles. The van der Waals surface area contributed by atoms with Gasteiger partial charge in [-0.25, -0.2) is 4.98 Å². The van der Waals surface area contributed by atoms with Crippen LogP contribution in [0.5, 0.6) is 11.5 Å². The number of aryl methyl sites for hydroxylation is 2. The minimum Gasteiger partial charge on any atom is -0.497 e. The number of carbonyl (C=O) groups is 1. The summed E-state index contributed by atoms with van der Waals surface area (Å²) >= 11 is 0. The third-order valence-corrected chi connectivity index (χ3v) is 5.44. The number of nitrogens with one attached hydrogen (secondary N) is 3. The molecule has 0 atom stereocenters. The van der Waals surface area contributed by atoms with Gasteiger partial charge in [0.25, 0.3) is 0 Å². The van der Waals surface area contributed by atoms with Crippen molar-refractivity contribution in [1.29, 1.82) is 0 Å². The number of hydrogen-bond acceptors (Lipinski definition) is 7. The third kappa shape index (κ3) is 6.96. The second kappa shape index (κ2) is 11.7.